The molecule has 78 valence electrons. The van der Waals surface area contributed by atoms with Crippen molar-refractivity contribution in [3.05, 3.63) is 34.3 Å². The van der Waals surface area contributed by atoms with Gasteiger partial charge in [0.25, 0.3) is 0 Å². The SMILES string of the molecule is N#C[C@@]1(c2ccccc2Br)CCCOC1. The number of hydrogen-bond acceptors (Lipinski definition) is 2. The van der Waals surface area contributed by atoms with Crippen molar-refractivity contribution in [2.45, 2.75) is 18.3 Å². The molecule has 0 spiro atoms. The normalized spacial score (nSPS) is 25.9. The Balaban J connectivity index is 2.42. The lowest BCUT2D eigenvalue weighted by molar-refractivity contribution is 0.0560. The van der Waals surface area contributed by atoms with E-state index >= 15 is 0 Å². The zero-order valence-corrected chi connectivity index (χ0v) is 9.96. The largest absolute Gasteiger partial charge is 0.379 e. The van der Waals surface area contributed by atoms with E-state index in [0.717, 1.165) is 29.5 Å². The van der Waals surface area contributed by atoms with Crippen LogP contribution in [-0.4, -0.2) is 13.2 Å². The molecule has 0 aromatic heterocycles. The van der Waals surface area contributed by atoms with Crippen LogP contribution >= 0.6 is 15.9 Å². The number of halogens is 1. The van der Waals surface area contributed by atoms with E-state index < -0.39 is 5.41 Å². The minimum absolute atomic E-state index is 0.460. The summed E-state index contributed by atoms with van der Waals surface area (Å²) in [6.07, 6.45) is 1.83. The van der Waals surface area contributed by atoms with Gasteiger partial charge in [0, 0.05) is 11.1 Å². The molecule has 1 aliphatic heterocycles. The van der Waals surface area contributed by atoms with E-state index in [1.165, 1.54) is 0 Å². The summed E-state index contributed by atoms with van der Waals surface area (Å²) in [4.78, 5) is 0. The summed E-state index contributed by atoms with van der Waals surface area (Å²) in [7, 11) is 0. The molecule has 0 bridgehead atoms. The first kappa shape index (κ1) is 10.7. The molecule has 1 saturated heterocycles. The maximum Gasteiger partial charge on any atom is 0.107 e. The molecule has 1 fully saturated rings. The number of hydrogen-bond donors (Lipinski definition) is 0. The zero-order chi connectivity index (χ0) is 10.7. The Labute approximate surface area is 98.0 Å². The van der Waals surface area contributed by atoms with E-state index in [9.17, 15) is 5.26 Å². The summed E-state index contributed by atoms with van der Waals surface area (Å²) in [6.45, 7) is 1.28. The quantitative estimate of drug-likeness (QED) is 0.782. The third kappa shape index (κ3) is 1.92. The van der Waals surface area contributed by atoms with Crippen LogP contribution in [0.3, 0.4) is 0 Å². The molecule has 1 atom stereocenters. The Kier molecular flexibility index (Phi) is 3.08. The number of rotatable bonds is 1. The molecule has 3 heteroatoms. The monoisotopic (exact) mass is 265 g/mol. The Bertz CT molecular complexity index is 391. The summed E-state index contributed by atoms with van der Waals surface area (Å²) in [5.74, 6) is 0. The molecule has 0 unspecified atom stereocenters. The van der Waals surface area contributed by atoms with Gasteiger partial charge in [0.1, 0.15) is 5.41 Å². The topological polar surface area (TPSA) is 33.0 Å². The summed E-state index contributed by atoms with van der Waals surface area (Å²) in [6, 6.07) is 10.3. The number of nitriles is 1. The molecule has 1 aromatic carbocycles. The fourth-order valence-electron chi connectivity index (χ4n) is 2.00. The van der Waals surface area contributed by atoms with E-state index in [0.29, 0.717) is 6.61 Å². The van der Waals surface area contributed by atoms with Crippen LogP contribution in [-0.2, 0) is 10.2 Å². The van der Waals surface area contributed by atoms with Gasteiger partial charge >= 0.3 is 0 Å². The van der Waals surface area contributed by atoms with Gasteiger partial charge < -0.3 is 4.74 Å². The molecule has 0 radical (unpaired) electrons. The molecule has 2 nitrogen and oxygen atoms in total. The second-order valence-corrected chi connectivity index (χ2v) is 4.68. The van der Waals surface area contributed by atoms with Gasteiger partial charge in [-0.3, -0.25) is 0 Å². The average Bonchev–Trinajstić information content (AvgIpc) is 2.30. The van der Waals surface area contributed by atoms with Gasteiger partial charge in [-0.15, -0.1) is 0 Å². The summed E-state index contributed by atoms with van der Waals surface area (Å²) < 4.78 is 6.44. The van der Waals surface area contributed by atoms with Crippen LogP contribution in [0.1, 0.15) is 18.4 Å². The highest BCUT2D eigenvalue weighted by Gasteiger charge is 2.36. The lowest BCUT2D eigenvalue weighted by Crippen LogP contribution is -2.34. The third-order valence-electron chi connectivity index (χ3n) is 2.84. The third-order valence-corrected chi connectivity index (χ3v) is 3.54. The van der Waals surface area contributed by atoms with E-state index in [4.69, 9.17) is 4.74 Å². The minimum atomic E-state index is -0.460. The van der Waals surface area contributed by atoms with Gasteiger partial charge in [0.15, 0.2) is 0 Å². The number of benzene rings is 1. The van der Waals surface area contributed by atoms with Gasteiger partial charge in [-0.2, -0.15) is 5.26 Å². The van der Waals surface area contributed by atoms with E-state index in [-0.39, 0.29) is 0 Å². The van der Waals surface area contributed by atoms with Crippen LogP contribution in [0.2, 0.25) is 0 Å². The standard InChI is InChI=1S/C12H12BrNO/c13-11-5-2-1-4-10(11)12(8-14)6-3-7-15-9-12/h1-2,4-5H,3,6-7,9H2/t12-/m0/s1. The first-order valence-corrected chi connectivity index (χ1v) is 5.82. The zero-order valence-electron chi connectivity index (χ0n) is 8.37. The number of ether oxygens (including phenoxy) is 1. The molecule has 0 amide bonds. The molecular formula is C12H12BrNO. The summed E-state index contributed by atoms with van der Waals surface area (Å²) >= 11 is 3.50. The Morgan fingerprint density at radius 3 is 2.80 bits per heavy atom. The van der Waals surface area contributed by atoms with Crippen molar-refractivity contribution in [1.29, 1.82) is 5.26 Å². The van der Waals surface area contributed by atoms with Crippen LogP contribution in [0.15, 0.2) is 28.7 Å². The molecule has 0 saturated carbocycles. The van der Waals surface area contributed by atoms with Gasteiger partial charge in [0.2, 0.25) is 0 Å². The van der Waals surface area contributed by atoms with E-state index in [1.807, 2.05) is 24.3 Å². The Hall–Kier alpha value is -0.850. The van der Waals surface area contributed by atoms with Crippen LogP contribution in [0, 0.1) is 11.3 Å². The smallest absolute Gasteiger partial charge is 0.107 e. The molecule has 1 aliphatic rings. The predicted molar refractivity (Wildman–Crippen MR) is 61.5 cm³/mol. The maximum atomic E-state index is 9.37. The summed E-state index contributed by atoms with van der Waals surface area (Å²) in [5.41, 5.74) is 0.588. The molecule has 0 aliphatic carbocycles. The fourth-order valence-corrected chi connectivity index (χ4v) is 2.67. The van der Waals surface area contributed by atoms with Crippen LogP contribution in [0.25, 0.3) is 0 Å². The van der Waals surface area contributed by atoms with Crippen molar-refractivity contribution in [2.75, 3.05) is 13.2 Å². The highest BCUT2D eigenvalue weighted by atomic mass is 79.9. The van der Waals surface area contributed by atoms with Crippen molar-refractivity contribution in [1.82, 2.24) is 0 Å². The highest BCUT2D eigenvalue weighted by molar-refractivity contribution is 9.10. The Morgan fingerprint density at radius 1 is 1.40 bits per heavy atom. The molecule has 1 aromatic rings. The van der Waals surface area contributed by atoms with Crippen molar-refractivity contribution < 1.29 is 4.74 Å². The summed E-state index contributed by atoms with van der Waals surface area (Å²) in [5, 5.41) is 9.37. The van der Waals surface area contributed by atoms with Crippen molar-refractivity contribution in [3.8, 4) is 6.07 Å². The predicted octanol–water partition coefficient (Wildman–Crippen LogP) is 3.02. The lowest BCUT2D eigenvalue weighted by atomic mass is 9.77. The first-order valence-electron chi connectivity index (χ1n) is 5.02. The molecule has 2 rings (SSSR count). The molecule has 15 heavy (non-hydrogen) atoms. The average molecular weight is 266 g/mol. The van der Waals surface area contributed by atoms with Crippen molar-refractivity contribution in [3.63, 3.8) is 0 Å². The van der Waals surface area contributed by atoms with Crippen LogP contribution < -0.4 is 0 Å². The van der Waals surface area contributed by atoms with E-state index in [2.05, 4.69) is 22.0 Å². The second kappa shape index (κ2) is 4.34. The van der Waals surface area contributed by atoms with Gasteiger partial charge in [0.05, 0.1) is 12.7 Å². The fraction of sp³-hybridized carbons (Fsp3) is 0.417. The lowest BCUT2D eigenvalue weighted by Gasteiger charge is -2.31. The molecule has 0 N–H and O–H groups in total. The van der Waals surface area contributed by atoms with Gasteiger partial charge in [-0.05, 0) is 24.5 Å². The van der Waals surface area contributed by atoms with Crippen molar-refractivity contribution in [2.24, 2.45) is 0 Å². The first-order chi connectivity index (χ1) is 7.28. The Morgan fingerprint density at radius 2 is 2.20 bits per heavy atom. The number of nitrogens with zero attached hydrogens (tertiary/aromatic N) is 1. The van der Waals surface area contributed by atoms with Crippen LogP contribution in [0.5, 0.6) is 0 Å². The second-order valence-electron chi connectivity index (χ2n) is 3.83. The van der Waals surface area contributed by atoms with E-state index in [1.54, 1.807) is 0 Å². The highest BCUT2D eigenvalue weighted by Crippen LogP contribution is 2.36. The van der Waals surface area contributed by atoms with Gasteiger partial charge in [-0.25, -0.2) is 0 Å². The molecule has 1 heterocycles. The van der Waals surface area contributed by atoms with Crippen molar-refractivity contribution >= 4 is 15.9 Å². The maximum absolute atomic E-state index is 9.37. The molecular weight excluding hydrogens is 254 g/mol. The minimum Gasteiger partial charge on any atom is -0.379 e. The van der Waals surface area contributed by atoms with Gasteiger partial charge in [-0.1, -0.05) is 34.1 Å². The van der Waals surface area contributed by atoms with Crippen LogP contribution in [0.4, 0.5) is 0 Å².